The van der Waals surface area contributed by atoms with Gasteiger partial charge in [-0.3, -0.25) is 0 Å². The van der Waals surface area contributed by atoms with Crippen LogP contribution in [-0.4, -0.2) is 34.7 Å². The fourth-order valence-electron chi connectivity index (χ4n) is 2.83. The van der Waals surface area contributed by atoms with Crippen molar-refractivity contribution in [3.05, 3.63) is 23.9 Å². The predicted octanol–water partition coefficient (Wildman–Crippen LogP) is 4.61. The molecule has 2 heterocycles. The molecule has 5 heteroatoms. The van der Waals surface area contributed by atoms with Crippen LogP contribution in [0.2, 0.25) is 0 Å². The molecule has 1 fully saturated rings. The first kappa shape index (κ1) is 18.6. The zero-order valence-corrected chi connectivity index (χ0v) is 15.6. The first-order valence-corrected chi connectivity index (χ1v) is 8.95. The van der Waals surface area contributed by atoms with Crippen LogP contribution in [0.15, 0.2) is 18.3 Å². The summed E-state index contributed by atoms with van der Waals surface area (Å²) in [5.41, 5.74) is 0.609. The van der Waals surface area contributed by atoms with Crippen LogP contribution in [0.3, 0.4) is 0 Å². The molecule has 1 amide bonds. The van der Waals surface area contributed by atoms with Crippen molar-refractivity contribution in [1.29, 1.82) is 0 Å². The van der Waals surface area contributed by atoms with Gasteiger partial charge < -0.3 is 15.0 Å². The lowest BCUT2D eigenvalue weighted by molar-refractivity contribution is 0.00948. The third-order valence-corrected chi connectivity index (χ3v) is 3.99. The first-order valence-electron chi connectivity index (χ1n) is 8.95. The first-order chi connectivity index (χ1) is 11.3. The molecule has 1 aromatic rings. The van der Waals surface area contributed by atoms with Gasteiger partial charge in [-0.2, -0.15) is 0 Å². The number of likely N-dealkylation sites (tertiary alicyclic amines) is 1. The Labute approximate surface area is 145 Å². The standard InChI is InChI=1S/C19H31N3O2/c1-14(2)12-20-17-10-9-15(13-21-17)16-8-6-7-11-22(16)18(23)24-19(3,4)5/h9-10,13-14,16H,6-8,11-12H2,1-5H3,(H,20,21)/t16-/m0/s1. The number of carbonyl (C=O) groups is 1. The Morgan fingerprint density at radius 2 is 2.12 bits per heavy atom. The number of amides is 1. The number of pyridine rings is 1. The number of hydrogen-bond acceptors (Lipinski definition) is 4. The van der Waals surface area contributed by atoms with E-state index in [-0.39, 0.29) is 12.1 Å². The van der Waals surface area contributed by atoms with E-state index in [0.717, 1.165) is 43.7 Å². The number of nitrogens with zero attached hydrogens (tertiary/aromatic N) is 2. The predicted molar refractivity (Wildman–Crippen MR) is 97.1 cm³/mol. The summed E-state index contributed by atoms with van der Waals surface area (Å²) < 4.78 is 5.57. The van der Waals surface area contributed by atoms with Gasteiger partial charge in [0, 0.05) is 19.3 Å². The number of hydrogen-bond donors (Lipinski definition) is 1. The van der Waals surface area contributed by atoms with Crippen LogP contribution in [-0.2, 0) is 4.74 Å². The minimum absolute atomic E-state index is 0.0558. The van der Waals surface area contributed by atoms with Gasteiger partial charge in [0.2, 0.25) is 0 Å². The Hall–Kier alpha value is -1.78. The van der Waals surface area contributed by atoms with Crippen LogP contribution in [0.25, 0.3) is 0 Å². The average molecular weight is 333 g/mol. The molecule has 0 bridgehead atoms. The Morgan fingerprint density at radius 3 is 2.71 bits per heavy atom. The second kappa shape index (κ2) is 7.86. The topological polar surface area (TPSA) is 54.5 Å². The molecule has 0 aliphatic carbocycles. The second-order valence-corrected chi connectivity index (χ2v) is 7.94. The van der Waals surface area contributed by atoms with E-state index in [0.29, 0.717) is 5.92 Å². The van der Waals surface area contributed by atoms with Gasteiger partial charge in [0.05, 0.1) is 6.04 Å². The van der Waals surface area contributed by atoms with Crippen LogP contribution in [0.4, 0.5) is 10.6 Å². The van der Waals surface area contributed by atoms with Crippen LogP contribution >= 0.6 is 0 Å². The molecule has 0 aromatic carbocycles. The van der Waals surface area contributed by atoms with Crippen molar-refractivity contribution in [2.24, 2.45) is 5.92 Å². The highest BCUT2D eigenvalue weighted by molar-refractivity contribution is 5.69. The Bertz CT molecular complexity index is 535. The van der Waals surface area contributed by atoms with Crippen molar-refractivity contribution >= 4 is 11.9 Å². The minimum atomic E-state index is -0.470. The summed E-state index contributed by atoms with van der Waals surface area (Å²) in [6.45, 7) is 11.7. The molecule has 0 spiro atoms. The Kier molecular flexibility index (Phi) is 6.08. The summed E-state index contributed by atoms with van der Waals surface area (Å²) in [5.74, 6) is 1.46. The van der Waals surface area contributed by atoms with E-state index in [1.165, 1.54) is 0 Å². The zero-order valence-electron chi connectivity index (χ0n) is 15.6. The van der Waals surface area contributed by atoms with Crippen molar-refractivity contribution in [1.82, 2.24) is 9.88 Å². The molecule has 0 saturated carbocycles. The Balaban J connectivity index is 2.08. The number of anilines is 1. The van der Waals surface area contributed by atoms with Gasteiger partial charge in [-0.1, -0.05) is 19.9 Å². The second-order valence-electron chi connectivity index (χ2n) is 7.94. The molecular formula is C19H31N3O2. The van der Waals surface area contributed by atoms with E-state index >= 15 is 0 Å². The van der Waals surface area contributed by atoms with E-state index in [1.54, 1.807) is 0 Å². The smallest absolute Gasteiger partial charge is 0.410 e. The fourth-order valence-corrected chi connectivity index (χ4v) is 2.83. The molecule has 1 N–H and O–H groups in total. The fraction of sp³-hybridized carbons (Fsp3) is 0.684. The van der Waals surface area contributed by atoms with Crippen molar-refractivity contribution in [2.75, 3.05) is 18.4 Å². The third-order valence-electron chi connectivity index (χ3n) is 3.99. The summed E-state index contributed by atoms with van der Waals surface area (Å²) in [4.78, 5) is 18.9. The summed E-state index contributed by atoms with van der Waals surface area (Å²) in [7, 11) is 0. The van der Waals surface area contributed by atoms with E-state index in [2.05, 4.69) is 30.2 Å². The van der Waals surface area contributed by atoms with Gasteiger partial charge in [0.1, 0.15) is 11.4 Å². The molecule has 1 aliphatic heterocycles. The highest BCUT2D eigenvalue weighted by Crippen LogP contribution is 2.32. The number of aromatic nitrogens is 1. The molecule has 1 saturated heterocycles. The van der Waals surface area contributed by atoms with Crippen molar-refractivity contribution in [2.45, 2.75) is 65.5 Å². The number of rotatable bonds is 4. The monoisotopic (exact) mass is 333 g/mol. The van der Waals surface area contributed by atoms with Gasteiger partial charge in [-0.05, 0) is 57.6 Å². The number of piperidine rings is 1. The van der Waals surface area contributed by atoms with Crippen molar-refractivity contribution < 1.29 is 9.53 Å². The molecule has 1 atom stereocenters. The van der Waals surface area contributed by atoms with Crippen LogP contribution < -0.4 is 5.32 Å². The SMILES string of the molecule is CC(C)CNc1ccc([C@@H]2CCCCN2C(=O)OC(C)(C)C)cn1. The van der Waals surface area contributed by atoms with Crippen molar-refractivity contribution in [3.8, 4) is 0 Å². The molecule has 5 nitrogen and oxygen atoms in total. The largest absolute Gasteiger partial charge is 0.444 e. The van der Waals surface area contributed by atoms with Gasteiger partial charge in [-0.25, -0.2) is 9.78 Å². The number of carbonyl (C=O) groups excluding carboxylic acids is 1. The summed E-state index contributed by atoms with van der Waals surface area (Å²) in [6.07, 6.45) is 4.76. The van der Waals surface area contributed by atoms with E-state index in [1.807, 2.05) is 37.9 Å². The third kappa shape index (κ3) is 5.39. The molecule has 1 aliphatic rings. The van der Waals surface area contributed by atoms with Crippen molar-refractivity contribution in [3.63, 3.8) is 0 Å². The quantitative estimate of drug-likeness (QED) is 0.874. The van der Waals surface area contributed by atoms with E-state index in [9.17, 15) is 4.79 Å². The lowest BCUT2D eigenvalue weighted by Crippen LogP contribution is -2.41. The minimum Gasteiger partial charge on any atom is -0.444 e. The molecule has 0 unspecified atom stereocenters. The van der Waals surface area contributed by atoms with E-state index in [4.69, 9.17) is 4.74 Å². The van der Waals surface area contributed by atoms with Gasteiger partial charge >= 0.3 is 6.09 Å². The lowest BCUT2D eigenvalue weighted by atomic mass is 9.97. The summed E-state index contributed by atoms with van der Waals surface area (Å²) in [5, 5.41) is 3.32. The van der Waals surface area contributed by atoms with Crippen LogP contribution in [0.5, 0.6) is 0 Å². The highest BCUT2D eigenvalue weighted by Gasteiger charge is 2.31. The highest BCUT2D eigenvalue weighted by atomic mass is 16.6. The normalized spacial score (nSPS) is 18.6. The maximum Gasteiger partial charge on any atom is 0.410 e. The van der Waals surface area contributed by atoms with Crippen LogP contribution in [0.1, 0.15) is 65.5 Å². The van der Waals surface area contributed by atoms with Gasteiger partial charge in [-0.15, -0.1) is 0 Å². The maximum atomic E-state index is 12.5. The van der Waals surface area contributed by atoms with Gasteiger partial charge in [0.25, 0.3) is 0 Å². The molecular weight excluding hydrogens is 302 g/mol. The Morgan fingerprint density at radius 1 is 1.38 bits per heavy atom. The number of ether oxygens (including phenoxy) is 1. The molecule has 134 valence electrons. The van der Waals surface area contributed by atoms with E-state index < -0.39 is 5.60 Å². The molecule has 2 rings (SSSR count). The zero-order chi connectivity index (χ0) is 17.7. The van der Waals surface area contributed by atoms with Crippen LogP contribution in [0, 0.1) is 5.92 Å². The average Bonchev–Trinajstić information content (AvgIpc) is 2.52. The summed E-state index contributed by atoms with van der Waals surface area (Å²) in [6, 6.07) is 4.13. The molecule has 1 aromatic heterocycles. The van der Waals surface area contributed by atoms with Gasteiger partial charge in [0.15, 0.2) is 0 Å². The number of nitrogens with one attached hydrogen (secondary N) is 1. The summed E-state index contributed by atoms with van der Waals surface area (Å²) >= 11 is 0. The molecule has 24 heavy (non-hydrogen) atoms. The lowest BCUT2D eigenvalue weighted by Gasteiger charge is -2.36. The molecule has 0 radical (unpaired) electrons. The maximum absolute atomic E-state index is 12.5.